The average molecular weight is 473 g/mol. The van der Waals surface area contributed by atoms with Crippen LogP contribution in [0.25, 0.3) is 11.4 Å². The van der Waals surface area contributed by atoms with Gasteiger partial charge in [-0.1, -0.05) is 35.0 Å². The molecule has 34 heavy (non-hydrogen) atoms. The second-order valence-corrected chi connectivity index (χ2v) is 8.44. The van der Waals surface area contributed by atoms with Crippen molar-refractivity contribution in [3.63, 3.8) is 0 Å². The predicted octanol–water partition coefficient (Wildman–Crippen LogP) is 4.38. The van der Waals surface area contributed by atoms with Crippen LogP contribution < -0.4 is 5.32 Å². The number of carbonyl (C=O) groups excluding carboxylic acids is 1. The van der Waals surface area contributed by atoms with Gasteiger partial charge in [-0.2, -0.15) is 18.2 Å². The zero-order chi connectivity index (χ0) is 24.3. The lowest BCUT2D eigenvalue weighted by atomic mass is 10.1. The van der Waals surface area contributed by atoms with Gasteiger partial charge in [0.2, 0.25) is 17.6 Å². The van der Waals surface area contributed by atoms with E-state index in [0.717, 1.165) is 23.4 Å². The molecule has 1 aliphatic heterocycles. The topological polar surface area (TPSA) is 74.5 Å². The Hall–Kier alpha value is -3.24. The Morgan fingerprint density at radius 3 is 2.50 bits per heavy atom. The van der Waals surface area contributed by atoms with E-state index in [9.17, 15) is 18.0 Å². The Balaban J connectivity index is 1.31. The molecule has 1 aliphatic rings. The van der Waals surface area contributed by atoms with Crippen molar-refractivity contribution in [3.8, 4) is 11.4 Å². The Bertz CT molecular complexity index is 1120. The third kappa shape index (κ3) is 5.81. The summed E-state index contributed by atoms with van der Waals surface area (Å²) in [7, 11) is 0. The molecule has 1 atom stereocenters. The zero-order valence-electron chi connectivity index (χ0n) is 19.0. The van der Waals surface area contributed by atoms with E-state index in [0.29, 0.717) is 38.6 Å². The lowest BCUT2D eigenvalue weighted by molar-refractivity contribution is -0.137. The molecule has 1 amide bonds. The molecule has 0 spiro atoms. The van der Waals surface area contributed by atoms with E-state index in [2.05, 4.69) is 25.3 Å². The van der Waals surface area contributed by atoms with Crippen molar-refractivity contribution in [1.82, 2.24) is 19.9 Å². The number of aromatic nitrogens is 2. The molecule has 2 heterocycles. The van der Waals surface area contributed by atoms with Gasteiger partial charge in [-0.05, 0) is 38.1 Å². The zero-order valence-corrected chi connectivity index (χ0v) is 19.0. The molecular weight excluding hydrogens is 447 g/mol. The largest absolute Gasteiger partial charge is 0.416 e. The number of anilines is 1. The molecule has 2 aromatic carbocycles. The molecule has 4 rings (SSSR count). The van der Waals surface area contributed by atoms with Gasteiger partial charge in [0.05, 0.1) is 18.2 Å². The normalized spacial score (nSPS) is 16.4. The fourth-order valence-electron chi connectivity index (χ4n) is 3.86. The lowest BCUT2D eigenvalue weighted by Crippen LogP contribution is -2.49. The molecule has 10 heteroatoms. The fourth-order valence-corrected chi connectivity index (χ4v) is 3.86. The second-order valence-electron chi connectivity index (χ2n) is 8.44. The van der Waals surface area contributed by atoms with Crippen LogP contribution in [0.5, 0.6) is 0 Å². The lowest BCUT2D eigenvalue weighted by Gasteiger charge is -2.36. The molecule has 0 saturated carbocycles. The summed E-state index contributed by atoms with van der Waals surface area (Å²) >= 11 is 0. The monoisotopic (exact) mass is 473 g/mol. The van der Waals surface area contributed by atoms with E-state index < -0.39 is 11.7 Å². The van der Waals surface area contributed by atoms with E-state index in [1.165, 1.54) is 12.1 Å². The van der Waals surface area contributed by atoms with Gasteiger partial charge in [0.25, 0.3) is 0 Å². The molecule has 180 valence electrons. The van der Waals surface area contributed by atoms with Gasteiger partial charge >= 0.3 is 6.18 Å². The third-order valence-electron chi connectivity index (χ3n) is 5.90. The molecule has 0 unspecified atom stereocenters. The Labute approximate surface area is 195 Å². The van der Waals surface area contributed by atoms with E-state index in [1.54, 1.807) is 0 Å². The van der Waals surface area contributed by atoms with Crippen LogP contribution in [0.3, 0.4) is 0 Å². The van der Waals surface area contributed by atoms with Gasteiger partial charge < -0.3 is 9.84 Å². The summed E-state index contributed by atoms with van der Waals surface area (Å²) in [5.74, 6) is 0.408. The Morgan fingerprint density at radius 1 is 1.12 bits per heavy atom. The first kappa shape index (κ1) is 23.9. The molecule has 0 aliphatic carbocycles. The van der Waals surface area contributed by atoms with Crippen LogP contribution in [0.4, 0.5) is 18.9 Å². The van der Waals surface area contributed by atoms with Crippen LogP contribution in [0.1, 0.15) is 30.0 Å². The summed E-state index contributed by atoms with van der Waals surface area (Å²) in [6, 6.07) is 12.3. The first-order chi connectivity index (χ1) is 16.2. The summed E-state index contributed by atoms with van der Waals surface area (Å²) in [6.07, 6.45) is -4.44. The highest BCUT2D eigenvalue weighted by molar-refractivity contribution is 5.92. The van der Waals surface area contributed by atoms with Gasteiger partial charge in [0.15, 0.2) is 0 Å². The number of carbonyl (C=O) groups is 1. The smallest absolute Gasteiger partial charge is 0.337 e. The number of hydrogen-bond acceptors (Lipinski definition) is 6. The van der Waals surface area contributed by atoms with E-state index in [-0.39, 0.29) is 23.3 Å². The van der Waals surface area contributed by atoms with Crippen molar-refractivity contribution in [2.45, 2.75) is 26.1 Å². The number of alkyl halides is 3. The van der Waals surface area contributed by atoms with Crippen LogP contribution in [-0.2, 0) is 11.0 Å². The van der Waals surface area contributed by atoms with Gasteiger partial charge in [-0.15, -0.1) is 0 Å². The van der Waals surface area contributed by atoms with Crippen LogP contribution >= 0.6 is 0 Å². The van der Waals surface area contributed by atoms with E-state index >= 15 is 0 Å². The SMILES string of the molecule is Cc1ccc(NC(=O)CN2CCN([C@@H](C)c3nc(-c4cccc(C(F)(F)F)c4)no3)CC2)cc1. The molecule has 0 radical (unpaired) electrons. The highest BCUT2D eigenvalue weighted by atomic mass is 19.4. The Kier molecular flexibility index (Phi) is 6.99. The fraction of sp³-hybridized carbons (Fsp3) is 0.375. The van der Waals surface area contributed by atoms with Crippen molar-refractivity contribution in [3.05, 3.63) is 65.5 Å². The molecular formula is C24H26F3N5O2. The maximum atomic E-state index is 13.0. The molecule has 0 bridgehead atoms. The number of nitrogens with one attached hydrogen (secondary N) is 1. The first-order valence-corrected chi connectivity index (χ1v) is 11.0. The van der Waals surface area contributed by atoms with Crippen molar-refractivity contribution >= 4 is 11.6 Å². The predicted molar refractivity (Wildman–Crippen MR) is 121 cm³/mol. The molecule has 7 nitrogen and oxygen atoms in total. The van der Waals surface area contributed by atoms with Crippen molar-refractivity contribution in [2.24, 2.45) is 0 Å². The summed E-state index contributed by atoms with van der Waals surface area (Å²) in [5.41, 5.74) is 1.40. The highest BCUT2D eigenvalue weighted by Gasteiger charge is 2.31. The van der Waals surface area contributed by atoms with Crippen LogP contribution in [0.2, 0.25) is 0 Å². The summed E-state index contributed by atoms with van der Waals surface area (Å²) < 4.78 is 44.3. The van der Waals surface area contributed by atoms with E-state index in [1.807, 2.05) is 38.1 Å². The number of halogens is 3. The van der Waals surface area contributed by atoms with Gasteiger partial charge in [0.1, 0.15) is 0 Å². The number of nitrogens with zero attached hydrogens (tertiary/aromatic N) is 4. The van der Waals surface area contributed by atoms with Crippen LogP contribution in [-0.4, -0.2) is 58.6 Å². The quantitative estimate of drug-likeness (QED) is 0.573. The third-order valence-corrected chi connectivity index (χ3v) is 5.90. The first-order valence-electron chi connectivity index (χ1n) is 11.0. The van der Waals surface area contributed by atoms with Gasteiger partial charge in [0, 0.05) is 37.4 Å². The summed E-state index contributed by atoms with van der Waals surface area (Å²) in [4.78, 5) is 20.9. The van der Waals surface area contributed by atoms with E-state index in [4.69, 9.17) is 4.52 Å². The second kappa shape index (κ2) is 9.94. The number of amides is 1. The van der Waals surface area contributed by atoms with Crippen molar-refractivity contribution in [1.29, 1.82) is 0 Å². The maximum Gasteiger partial charge on any atom is 0.416 e. The molecule has 1 aromatic heterocycles. The van der Waals surface area contributed by atoms with Crippen LogP contribution in [0.15, 0.2) is 53.1 Å². The Morgan fingerprint density at radius 2 is 1.82 bits per heavy atom. The van der Waals surface area contributed by atoms with Gasteiger partial charge in [-0.3, -0.25) is 14.6 Å². The average Bonchev–Trinajstić information content (AvgIpc) is 3.31. The number of aryl methyl sites for hydroxylation is 1. The molecule has 1 saturated heterocycles. The minimum absolute atomic E-state index is 0.0621. The van der Waals surface area contributed by atoms with Crippen molar-refractivity contribution < 1.29 is 22.5 Å². The highest BCUT2D eigenvalue weighted by Crippen LogP contribution is 2.32. The number of benzene rings is 2. The molecule has 1 N–H and O–H groups in total. The molecule has 3 aromatic rings. The minimum atomic E-state index is -4.44. The van der Waals surface area contributed by atoms with Gasteiger partial charge in [-0.25, -0.2) is 0 Å². The van der Waals surface area contributed by atoms with Crippen LogP contribution in [0, 0.1) is 6.92 Å². The number of hydrogen-bond donors (Lipinski definition) is 1. The summed E-state index contributed by atoms with van der Waals surface area (Å²) in [6.45, 7) is 6.99. The number of piperazine rings is 1. The summed E-state index contributed by atoms with van der Waals surface area (Å²) in [5, 5.41) is 6.79. The maximum absolute atomic E-state index is 13.0. The number of rotatable bonds is 6. The molecule has 1 fully saturated rings. The standard InChI is InChI=1S/C24H26F3N5O2/c1-16-6-8-20(9-7-16)28-21(33)15-31-10-12-32(13-11-31)17(2)23-29-22(30-34-23)18-4-3-5-19(14-18)24(25,26)27/h3-9,14,17H,10-13,15H2,1-2H3,(H,28,33)/t17-/m0/s1. The van der Waals surface area contributed by atoms with Crippen molar-refractivity contribution in [2.75, 3.05) is 38.0 Å². The minimum Gasteiger partial charge on any atom is -0.337 e.